The number of carbonyl (C=O) groups excluding carboxylic acids is 2. The van der Waals surface area contributed by atoms with Crippen LogP contribution < -0.4 is 10.1 Å². The molecule has 5 nitrogen and oxygen atoms in total. The van der Waals surface area contributed by atoms with Gasteiger partial charge in [-0.25, -0.2) is 0 Å². The Morgan fingerprint density at radius 3 is 2.33 bits per heavy atom. The summed E-state index contributed by atoms with van der Waals surface area (Å²) in [6.07, 6.45) is 3.95. The second-order valence-electron chi connectivity index (χ2n) is 4.99. The van der Waals surface area contributed by atoms with E-state index in [1.807, 2.05) is 0 Å². The van der Waals surface area contributed by atoms with Crippen molar-refractivity contribution in [3.63, 3.8) is 0 Å². The zero-order valence-corrected chi connectivity index (χ0v) is 11.9. The van der Waals surface area contributed by atoms with Gasteiger partial charge in [-0.05, 0) is 50.2 Å². The molecule has 0 aliphatic heterocycles. The number of aldehydes is 1. The summed E-state index contributed by atoms with van der Waals surface area (Å²) in [6.45, 7) is 3.36. The molecule has 0 saturated carbocycles. The monoisotopic (exact) mass is 284 g/mol. The summed E-state index contributed by atoms with van der Waals surface area (Å²) in [5.74, 6) is 0.253. The maximum absolute atomic E-state index is 12.2. The van der Waals surface area contributed by atoms with Crippen molar-refractivity contribution in [2.45, 2.75) is 19.4 Å². The number of amides is 1. The summed E-state index contributed by atoms with van der Waals surface area (Å²) in [4.78, 5) is 26.7. The largest absolute Gasteiger partial charge is 0.478 e. The highest BCUT2D eigenvalue weighted by Gasteiger charge is 2.30. The summed E-state index contributed by atoms with van der Waals surface area (Å²) < 4.78 is 5.69. The minimum atomic E-state index is -1.05. The van der Waals surface area contributed by atoms with Crippen molar-refractivity contribution >= 4 is 17.9 Å². The first-order valence-electron chi connectivity index (χ1n) is 6.47. The van der Waals surface area contributed by atoms with Crippen molar-refractivity contribution < 1.29 is 14.3 Å². The van der Waals surface area contributed by atoms with E-state index in [9.17, 15) is 9.59 Å². The van der Waals surface area contributed by atoms with Crippen LogP contribution in [0, 0.1) is 0 Å². The third-order valence-electron chi connectivity index (χ3n) is 2.87. The Labute approximate surface area is 123 Å². The highest BCUT2D eigenvalue weighted by molar-refractivity contribution is 5.96. The number of nitrogens with one attached hydrogen (secondary N) is 1. The number of carbonyl (C=O) groups is 2. The Hall–Kier alpha value is -2.69. The molecule has 0 bridgehead atoms. The number of aromatic nitrogens is 1. The van der Waals surface area contributed by atoms with Crippen molar-refractivity contribution in [2.75, 3.05) is 5.32 Å². The molecule has 0 radical (unpaired) electrons. The first-order valence-corrected chi connectivity index (χ1v) is 6.47. The molecule has 0 aliphatic rings. The van der Waals surface area contributed by atoms with Crippen LogP contribution in [0.2, 0.25) is 0 Å². The van der Waals surface area contributed by atoms with Gasteiger partial charge in [0.05, 0.1) is 0 Å². The molecule has 1 heterocycles. The Bertz CT molecular complexity index is 622. The number of nitrogens with zero attached hydrogens (tertiary/aromatic N) is 1. The number of hydrogen-bond acceptors (Lipinski definition) is 4. The van der Waals surface area contributed by atoms with E-state index in [1.54, 1.807) is 62.6 Å². The van der Waals surface area contributed by atoms with E-state index in [1.165, 1.54) is 0 Å². The SMILES string of the molecule is CC(C)(Oc1ccc(C=O)cc1)C(=O)Nc1ccncc1. The number of benzene rings is 1. The molecule has 1 aromatic carbocycles. The summed E-state index contributed by atoms with van der Waals surface area (Å²) in [5.41, 5.74) is 0.163. The van der Waals surface area contributed by atoms with Gasteiger partial charge in [0.1, 0.15) is 12.0 Å². The second-order valence-corrected chi connectivity index (χ2v) is 4.99. The number of hydrogen-bond donors (Lipinski definition) is 1. The van der Waals surface area contributed by atoms with E-state index in [0.29, 0.717) is 17.0 Å². The Morgan fingerprint density at radius 1 is 1.14 bits per heavy atom. The van der Waals surface area contributed by atoms with Crippen LogP contribution >= 0.6 is 0 Å². The van der Waals surface area contributed by atoms with Crippen molar-refractivity contribution in [3.8, 4) is 5.75 Å². The summed E-state index contributed by atoms with van der Waals surface area (Å²) >= 11 is 0. The van der Waals surface area contributed by atoms with E-state index < -0.39 is 5.60 Å². The van der Waals surface area contributed by atoms with Gasteiger partial charge < -0.3 is 10.1 Å². The van der Waals surface area contributed by atoms with Crippen molar-refractivity contribution in [2.24, 2.45) is 0 Å². The van der Waals surface area contributed by atoms with Gasteiger partial charge in [0, 0.05) is 23.6 Å². The van der Waals surface area contributed by atoms with Crippen LogP contribution in [0.5, 0.6) is 5.75 Å². The van der Waals surface area contributed by atoms with Crippen LogP contribution in [0.1, 0.15) is 24.2 Å². The molecule has 0 spiro atoms. The quantitative estimate of drug-likeness (QED) is 0.857. The van der Waals surface area contributed by atoms with Gasteiger partial charge >= 0.3 is 0 Å². The van der Waals surface area contributed by atoms with E-state index >= 15 is 0 Å². The number of pyridine rings is 1. The minimum absolute atomic E-state index is 0.270. The predicted molar refractivity (Wildman–Crippen MR) is 79.4 cm³/mol. The van der Waals surface area contributed by atoms with Gasteiger partial charge in [0.25, 0.3) is 5.91 Å². The molecule has 2 aromatic rings. The van der Waals surface area contributed by atoms with Gasteiger partial charge in [0.2, 0.25) is 0 Å². The lowest BCUT2D eigenvalue weighted by Crippen LogP contribution is -2.42. The summed E-state index contributed by atoms with van der Waals surface area (Å²) in [7, 11) is 0. The predicted octanol–water partition coefficient (Wildman–Crippen LogP) is 2.69. The topological polar surface area (TPSA) is 68.3 Å². The molecular formula is C16H16N2O3. The number of rotatable bonds is 5. The van der Waals surface area contributed by atoms with E-state index in [0.717, 1.165) is 6.29 Å². The summed E-state index contributed by atoms with van der Waals surface area (Å²) in [5, 5.41) is 2.76. The van der Waals surface area contributed by atoms with Crippen molar-refractivity contribution in [1.29, 1.82) is 0 Å². The second kappa shape index (κ2) is 6.17. The third-order valence-corrected chi connectivity index (χ3v) is 2.87. The first-order chi connectivity index (χ1) is 10.0. The van der Waals surface area contributed by atoms with Crippen molar-refractivity contribution in [1.82, 2.24) is 4.98 Å². The average molecular weight is 284 g/mol. The molecule has 0 unspecified atom stereocenters. The Balaban J connectivity index is 2.05. The minimum Gasteiger partial charge on any atom is -0.478 e. The smallest absolute Gasteiger partial charge is 0.267 e. The molecule has 2 rings (SSSR count). The molecule has 108 valence electrons. The van der Waals surface area contributed by atoms with Crippen LogP contribution in [0.25, 0.3) is 0 Å². The van der Waals surface area contributed by atoms with Gasteiger partial charge in [-0.15, -0.1) is 0 Å². The third kappa shape index (κ3) is 3.89. The molecule has 0 fully saturated rings. The van der Waals surface area contributed by atoms with Crippen LogP contribution in [0.15, 0.2) is 48.8 Å². The number of ether oxygens (including phenoxy) is 1. The molecular weight excluding hydrogens is 268 g/mol. The molecule has 1 N–H and O–H groups in total. The van der Waals surface area contributed by atoms with E-state index in [4.69, 9.17) is 4.74 Å². The fourth-order valence-electron chi connectivity index (χ4n) is 1.67. The zero-order chi connectivity index (χ0) is 15.3. The fraction of sp³-hybridized carbons (Fsp3) is 0.188. The maximum Gasteiger partial charge on any atom is 0.267 e. The molecule has 21 heavy (non-hydrogen) atoms. The Morgan fingerprint density at radius 2 is 1.76 bits per heavy atom. The van der Waals surface area contributed by atoms with Gasteiger partial charge in [-0.2, -0.15) is 0 Å². The lowest BCUT2D eigenvalue weighted by Gasteiger charge is -2.25. The highest BCUT2D eigenvalue weighted by Crippen LogP contribution is 2.20. The molecule has 0 atom stereocenters. The maximum atomic E-state index is 12.2. The van der Waals surface area contributed by atoms with Crippen LogP contribution in [0.3, 0.4) is 0 Å². The molecule has 0 aliphatic carbocycles. The fourth-order valence-corrected chi connectivity index (χ4v) is 1.67. The Kier molecular flexibility index (Phi) is 4.33. The average Bonchev–Trinajstić information content (AvgIpc) is 2.48. The summed E-state index contributed by atoms with van der Waals surface area (Å²) in [6, 6.07) is 9.99. The lowest BCUT2D eigenvalue weighted by atomic mass is 10.1. The zero-order valence-electron chi connectivity index (χ0n) is 11.9. The van der Waals surface area contributed by atoms with Gasteiger partial charge in [-0.3, -0.25) is 14.6 Å². The molecule has 5 heteroatoms. The van der Waals surface area contributed by atoms with E-state index in [2.05, 4.69) is 10.3 Å². The molecule has 1 aromatic heterocycles. The normalized spacial score (nSPS) is 10.8. The molecule has 0 saturated heterocycles. The van der Waals surface area contributed by atoms with Crippen LogP contribution in [-0.4, -0.2) is 22.8 Å². The highest BCUT2D eigenvalue weighted by atomic mass is 16.5. The number of anilines is 1. The van der Waals surface area contributed by atoms with Gasteiger partial charge in [0.15, 0.2) is 5.60 Å². The van der Waals surface area contributed by atoms with E-state index in [-0.39, 0.29) is 5.91 Å². The van der Waals surface area contributed by atoms with Crippen molar-refractivity contribution in [3.05, 3.63) is 54.4 Å². The van der Waals surface area contributed by atoms with Gasteiger partial charge in [-0.1, -0.05) is 0 Å². The van der Waals surface area contributed by atoms with Crippen LogP contribution in [0.4, 0.5) is 5.69 Å². The standard InChI is InChI=1S/C16H16N2O3/c1-16(2,15(20)18-13-7-9-17-10-8-13)21-14-5-3-12(11-19)4-6-14/h3-11H,1-2H3,(H,17,18,20). The molecule has 1 amide bonds. The first kappa shape index (κ1) is 14.7. The lowest BCUT2D eigenvalue weighted by molar-refractivity contribution is -0.128. The van der Waals surface area contributed by atoms with Crippen LogP contribution in [-0.2, 0) is 4.79 Å².